The van der Waals surface area contributed by atoms with Crippen molar-refractivity contribution in [3.8, 4) is 17.0 Å². The Bertz CT molecular complexity index is 969. The predicted molar refractivity (Wildman–Crippen MR) is 115 cm³/mol. The molecule has 0 radical (unpaired) electrons. The summed E-state index contributed by atoms with van der Waals surface area (Å²) in [7, 11) is 0. The van der Waals surface area contributed by atoms with Gasteiger partial charge in [0.2, 0.25) is 0 Å². The van der Waals surface area contributed by atoms with Crippen LogP contribution >= 0.6 is 0 Å². The number of nitrogens with zero attached hydrogens (tertiary/aromatic N) is 4. The molecule has 5 nitrogen and oxygen atoms in total. The van der Waals surface area contributed by atoms with Crippen LogP contribution in [0.4, 0.5) is 0 Å². The molecule has 0 atom stereocenters. The molecule has 4 rings (SSSR count). The van der Waals surface area contributed by atoms with E-state index in [1.807, 2.05) is 37.5 Å². The minimum absolute atomic E-state index is 0.372. The highest BCUT2D eigenvalue weighted by Gasteiger charge is 2.19. The molecule has 1 aliphatic rings. The molecule has 150 valence electrons. The van der Waals surface area contributed by atoms with E-state index in [1.54, 1.807) is 0 Å². The van der Waals surface area contributed by atoms with Crippen LogP contribution in [0.5, 0.6) is 5.75 Å². The molecule has 0 spiro atoms. The number of ether oxygens (including phenoxy) is 1. The SMILES string of the molecule is CCOc1cccc(-c2ccc(CN3CCc4nc(C(C)C)ncc4C3)cn2)c1. The van der Waals surface area contributed by atoms with E-state index in [4.69, 9.17) is 9.72 Å². The van der Waals surface area contributed by atoms with Gasteiger partial charge in [-0.3, -0.25) is 9.88 Å². The largest absolute Gasteiger partial charge is 0.494 e. The summed E-state index contributed by atoms with van der Waals surface area (Å²) >= 11 is 0. The topological polar surface area (TPSA) is 51.1 Å². The third kappa shape index (κ3) is 4.62. The molecule has 0 N–H and O–H groups in total. The van der Waals surface area contributed by atoms with E-state index in [-0.39, 0.29) is 0 Å². The maximum absolute atomic E-state index is 5.60. The van der Waals surface area contributed by atoms with E-state index < -0.39 is 0 Å². The van der Waals surface area contributed by atoms with Gasteiger partial charge >= 0.3 is 0 Å². The zero-order chi connectivity index (χ0) is 20.2. The maximum atomic E-state index is 5.60. The second-order valence-corrected chi connectivity index (χ2v) is 7.83. The second kappa shape index (κ2) is 8.70. The quantitative estimate of drug-likeness (QED) is 0.617. The Morgan fingerprint density at radius 3 is 2.76 bits per heavy atom. The molecule has 0 unspecified atom stereocenters. The lowest BCUT2D eigenvalue weighted by Crippen LogP contribution is -2.31. The summed E-state index contributed by atoms with van der Waals surface area (Å²) in [6, 6.07) is 12.4. The van der Waals surface area contributed by atoms with E-state index in [9.17, 15) is 0 Å². The van der Waals surface area contributed by atoms with Gasteiger partial charge in [0, 0.05) is 61.2 Å². The lowest BCUT2D eigenvalue weighted by Gasteiger charge is -2.28. The molecule has 3 aromatic rings. The minimum atomic E-state index is 0.372. The zero-order valence-corrected chi connectivity index (χ0v) is 17.4. The average molecular weight is 389 g/mol. The van der Waals surface area contributed by atoms with Crippen molar-refractivity contribution in [2.75, 3.05) is 13.2 Å². The van der Waals surface area contributed by atoms with Gasteiger partial charge < -0.3 is 4.74 Å². The lowest BCUT2D eigenvalue weighted by molar-refractivity contribution is 0.242. The summed E-state index contributed by atoms with van der Waals surface area (Å²) in [6.45, 7) is 9.73. The number of rotatable bonds is 6. The van der Waals surface area contributed by atoms with Crippen LogP contribution in [0.1, 0.15) is 49.3 Å². The molecule has 0 amide bonds. The fraction of sp³-hybridized carbons (Fsp3) is 0.375. The summed E-state index contributed by atoms with van der Waals surface area (Å²) < 4.78 is 5.60. The minimum Gasteiger partial charge on any atom is -0.494 e. The Kier molecular flexibility index (Phi) is 5.86. The van der Waals surface area contributed by atoms with Gasteiger partial charge in [0.15, 0.2) is 0 Å². The van der Waals surface area contributed by atoms with Crippen molar-refractivity contribution >= 4 is 0 Å². The van der Waals surface area contributed by atoms with Crippen LogP contribution in [0.25, 0.3) is 11.3 Å². The Balaban J connectivity index is 1.42. The van der Waals surface area contributed by atoms with Gasteiger partial charge in [-0.25, -0.2) is 9.97 Å². The molecule has 1 aliphatic heterocycles. The molecule has 29 heavy (non-hydrogen) atoms. The molecule has 1 aromatic carbocycles. The standard InChI is InChI=1S/C24H28N4O/c1-4-29-21-7-5-6-19(12-21)22-9-8-18(13-25-22)15-28-11-10-23-20(16-28)14-26-24(27-23)17(2)3/h5-9,12-14,17H,4,10-11,15-16H2,1-3H3. The van der Waals surface area contributed by atoms with Crippen molar-refractivity contribution in [2.45, 2.75) is 46.2 Å². The van der Waals surface area contributed by atoms with E-state index in [0.717, 1.165) is 48.9 Å². The van der Waals surface area contributed by atoms with Crippen molar-refractivity contribution in [3.63, 3.8) is 0 Å². The van der Waals surface area contributed by atoms with Gasteiger partial charge in [-0.2, -0.15) is 0 Å². The van der Waals surface area contributed by atoms with Crippen molar-refractivity contribution in [2.24, 2.45) is 0 Å². The predicted octanol–water partition coefficient (Wildman–Crippen LogP) is 4.62. The number of fused-ring (bicyclic) bond motifs is 1. The number of hydrogen-bond acceptors (Lipinski definition) is 5. The van der Waals surface area contributed by atoms with Crippen LogP contribution in [-0.4, -0.2) is 33.0 Å². The summed E-state index contributed by atoms with van der Waals surface area (Å²) in [4.78, 5) is 16.4. The Hall–Kier alpha value is -2.79. The van der Waals surface area contributed by atoms with Gasteiger partial charge in [0.25, 0.3) is 0 Å². The normalized spacial score (nSPS) is 14.1. The summed E-state index contributed by atoms with van der Waals surface area (Å²) in [5.41, 5.74) is 5.72. The lowest BCUT2D eigenvalue weighted by atomic mass is 10.1. The highest BCUT2D eigenvalue weighted by atomic mass is 16.5. The number of hydrogen-bond donors (Lipinski definition) is 0. The third-order valence-electron chi connectivity index (χ3n) is 5.22. The fourth-order valence-corrected chi connectivity index (χ4v) is 3.66. The Morgan fingerprint density at radius 2 is 2.00 bits per heavy atom. The van der Waals surface area contributed by atoms with Crippen molar-refractivity contribution in [1.82, 2.24) is 19.9 Å². The van der Waals surface area contributed by atoms with E-state index >= 15 is 0 Å². The highest BCUT2D eigenvalue weighted by molar-refractivity contribution is 5.61. The molecule has 2 aromatic heterocycles. The molecule has 0 saturated heterocycles. The van der Waals surface area contributed by atoms with Crippen LogP contribution in [0, 0.1) is 0 Å². The summed E-state index contributed by atoms with van der Waals surface area (Å²) in [5.74, 6) is 2.20. The number of aromatic nitrogens is 3. The first kappa shape index (κ1) is 19.5. The Labute approximate surface area is 172 Å². The first-order chi connectivity index (χ1) is 14.1. The molecular formula is C24H28N4O. The summed E-state index contributed by atoms with van der Waals surface area (Å²) in [5, 5.41) is 0. The molecule has 3 heterocycles. The van der Waals surface area contributed by atoms with Gasteiger partial charge in [0.05, 0.1) is 12.3 Å². The monoisotopic (exact) mass is 388 g/mol. The number of pyridine rings is 1. The summed E-state index contributed by atoms with van der Waals surface area (Å²) in [6.07, 6.45) is 4.97. The van der Waals surface area contributed by atoms with E-state index in [2.05, 4.69) is 46.9 Å². The van der Waals surface area contributed by atoms with Crippen molar-refractivity contribution in [3.05, 3.63) is 71.4 Å². The average Bonchev–Trinajstić information content (AvgIpc) is 2.74. The first-order valence-corrected chi connectivity index (χ1v) is 10.4. The van der Waals surface area contributed by atoms with E-state index in [1.165, 1.54) is 16.8 Å². The molecule has 5 heteroatoms. The van der Waals surface area contributed by atoms with Gasteiger partial charge in [-0.05, 0) is 30.7 Å². The van der Waals surface area contributed by atoms with Gasteiger partial charge in [0.1, 0.15) is 11.6 Å². The maximum Gasteiger partial charge on any atom is 0.131 e. The molecule has 0 aliphatic carbocycles. The van der Waals surface area contributed by atoms with Gasteiger partial charge in [-0.15, -0.1) is 0 Å². The van der Waals surface area contributed by atoms with Crippen LogP contribution in [0.2, 0.25) is 0 Å². The highest BCUT2D eigenvalue weighted by Crippen LogP contribution is 2.24. The first-order valence-electron chi connectivity index (χ1n) is 10.4. The fourth-order valence-electron chi connectivity index (χ4n) is 3.66. The molecular weight excluding hydrogens is 360 g/mol. The van der Waals surface area contributed by atoms with Crippen LogP contribution in [-0.2, 0) is 19.5 Å². The smallest absolute Gasteiger partial charge is 0.131 e. The molecule has 0 bridgehead atoms. The Morgan fingerprint density at radius 1 is 1.10 bits per heavy atom. The molecule has 0 saturated carbocycles. The van der Waals surface area contributed by atoms with E-state index in [0.29, 0.717) is 12.5 Å². The van der Waals surface area contributed by atoms with Crippen LogP contribution in [0.3, 0.4) is 0 Å². The van der Waals surface area contributed by atoms with Crippen LogP contribution < -0.4 is 4.74 Å². The third-order valence-corrected chi connectivity index (χ3v) is 5.22. The second-order valence-electron chi connectivity index (χ2n) is 7.83. The van der Waals surface area contributed by atoms with Crippen molar-refractivity contribution < 1.29 is 4.74 Å². The molecule has 0 fully saturated rings. The van der Waals surface area contributed by atoms with Gasteiger partial charge in [-0.1, -0.05) is 32.0 Å². The zero-order valence-electron chi connectivity index (χ0n) is 17.4. The van der Waals surface area contributed by atoms with Crippen LogP contribution in [0.15, 0.2) is 48.8 Å². The van der Waals surface area contributed by atoms with Crippen molar-refractivity contribution in [1.29, 1.82) is 0 Å². The number of benzene rings is 1.